The van der Waals surface area contributed by atoms with E-state index in [9.17, 15) is 10.1 Å². The van der Waals surface area contributed by atoms with E-state index in [0.29, 0.717) is 0 Å². The highest BCUT2D eigenvalue weighted by Gasteiger charge is 2.07. The molecular formula is C5H5NO2S2. The number of nitrogens with zero attached hydrogens (tertiary/aromatic N) is 1. The number of thiophene rings is 1. The second kappa shape index (κ2) is 3.03. The van der Waals surface area contributed by atoms with Gasteiger partial charge in [0, 0.05) is 6.07 Å². The van der Waals surface area contributed by atoms with Crippen LogP contribution in [0.2, 0.25) is 0 Å². The standard InChI is InChI=1S/C5H5NO2S2/c1-9-5-3-2-4(10-5)6(7)8/h2-3H,1H3. The van der Waals surface area contributed by atoms with Gasteiger partial charge in [-0.25, -0.2) is 0 Å². The van der Waals surface area contributed by atoms with Crippen molar-refractivity contribution in [2.45, 2.75) is 4.21 Å². The summed E-state index contributed by atoms with van der Waals surface area (Å²) in [7, 11) is 0. The Kier molecular flexibility index (Phi) is 2.29. The van der Waals surface area contributed by atoms with Crippen LogP contribution in [-0.4, -0.2) is 11.2 Å². The Labute approximate surface area is 66.2 Å². The predicted octanol–water partition coefficient (Wildman–Crippen LogP) is 2.38. The van der Waals surface area contributed by atoms with E-state index >= 15 is 0 Å². The van der Waals surface area contributed by atoms with Crippen LogP contribution in [0.1, 0.15) is 0 Å². The molecule has 54 valence electrons. The third-order valence-corrected chi connectivity index (χ3v) is 3.07. The second-order valence-corrected chi connectivity index (χ2v) is 3.72. The maximum atomic E-state index is 10.1. The number of nitro groups is 1. The van der Waals surface area contributed by atoms with E-state index in [1.54, 1.807) is 6.07 Å². The molecule has 0 fully saturated rings. The Morgan fingerprint density at radius 2 is 2.40 bits per heavy atom. The lowest BCUT2D eigenvalue weighted by molar-refractivity contribution is -0.380. The van der Waals surface area contributed by atoms with Crippen LogP contribution in [0.4, 0.5) is 5.00 Å². The van der Waals surface area contributed by atoms with Crippen molar-refractivity contribution in [3.63, 3.8) is 0 Å². The highest BCUT2D eigenvalue weighted by atomic mass is 32.2. The Bertz CT molecular complexity index is 246. The molecule has 1 rings (SSSR count). The molecule has 0 saturated heterocycles. The first-order chi connectivity index (χ1) is 4.74. The van der Waals surface area contributed by atoms with Crippen LogP contribution in [0.5, 0.6) is 0 Å². The van der Waals surface area contributed by atoms with E-state index in [2.05, 4.69) is 0 Å². The van der Waals surface area contributed by atoms with Gasteiger partial charge in [-0.2, -0.15) is 0 Å². The Balaban J connectivity index is 2.88. The van der Waals surface area contributed by atoms with Gasteiger partial charge in [-0.1, -0.05) is 11.3 Å². The molecule has 1 aromatic rings. The van der Waals surface area contributed by atoms with Gasteiger partial charge in [0.1, 0.15) is 0 Å². The summed E-state index contributed by atoms with van der Waals surface area (Å²) in [5.41, 5.74) is 0. The Morgan fingerprint density at radius 3 is 2.70 bits per heavy atom. The van der Waals surface area contributed by atoms with Gasteiger partial charge >= 0.3 is 5.00 Å². The van der Waals surface area contributed by atoms with Gasteiger partial charge in [0.25, 0.3) is 0 Å². The van der Waals surface area contributed by atoms with E-state index in [1.807, 2.05) is 6.26 Å². The monoisotopic (exact) mass is 175 g/mol. The van der Waals surface area contributed by atoms with E-state index < -0.39 is 0 Å². The third kappa shape index (κ3) is 1.48. The van der Waals surface area contributed by atoms with Gasteiger partial charge in [-0.05, 0) is 12.3 Å². The molecule has 1 heterocycles. The zero-order chi connectivity index (χ0) is 7.56. The van der Waals surface area contributed by atoms with Gasteiger partial charge in [0.2, 0.25) is 0 Å². The van der Waals surface area contributed by atoms with Crippen LogP contribution in [0.15, 0.2) is 16.3 Å². The van der Waals surface area contributed by atoms with Crippen molar-refractivity contribution < 1.29 is 4.92 Å². The SMILES string of the molecule is CSc1ccc([N+](=O)[O-])s1. The first-order valence-corrected chi connectivity index (χ1v) is 4.56. The molecule has 0 aromatic carbocycles. The van der Waals surface area contributed by atoms with Crippen molar-refractivity contribution in [2.75, 3.05) is 6.26 Å². The fourth-order valence-electron chi connectivity index (χ4n) is 0.518. The molecule has 3 nitrogen and oxygen atoms in total. The first-order valence-electron chi connectivity index (χ1n) is 2.52. The Hall–Kier alpha value is -0.550. The van der Waals surface area contributed by atoms with Gasteiger partial charge in [0.15, 0.2) is 0 Å². The van der Waals surface area contributed by atoms with Gasteiger partial charge < -0.3 is 0 Å². The summed E-state index contributed by atoms with van der Waals surface area (Å²) in [5, 5.41) is 10.3. The molecule has 0 saturated carbocycles. The molecule has 0 amide bonds. The topological polar surface area (TPSA) is 43.1 Å². The highest BCUT2D eigenvalue weighted by molar-refractivity contribution is 8.00. The van der Waals surface area contributed by atoms with Gasteiger partial charge in [-0.3, -0.25) is 10.1 Å². The summed E-state index contributed by atoms with van der Waals surface area (Å²) >= 11 is 2.73. The van der Waals surface area contributed by atoms with E-state index in [0.717, 1.165) is 4.21 Å². The van der Waals surface area contributed by atoms with E-state index in [1.165, 1.54) is 29.2 Å². The molecule has 0 aliphatic carbocycles. The van der Waals surface area contributed by atoms with Gasteiger partial charge in [-0.15, -0.1) is 11.8 Å². The average molecular weight is 175 g/mol. The molecule has 10 heavy (non-hydrogen) atoms. The van der Waals surface area contributed by atoms with Crippen molar-refractivity contribution >= 4 is 28.1 Å². The molecule has 0 atom stereocenters. The number of rotatable bonds is 2. The summed E-state index contributed by atoms with van der Waals surface area (Å²) in [6.45, 7) is 0. The minimum atomic E-state index is -0.371. The zero-order valence-corrected chi connectivity index (χ0v) is 6.87. The minimum Gasteiger partial charge on any atom is -0.258 e. The smallest absolute Gasteiger partial charge is 0.258 e. The maximum absolute atomic E-state index is 10.1. The molecule has 0 N–H and O–H groups in total. The lowest BCUT2D eigenvalue weighted by atomic mass is 10.6. The summed E-state index contributed by atoms with van der Waals surface area (Å²) in [6.07, 6.45) is 1.90. The first kappa shape index (κ1) is 7.56. The summed E-state index contributed by atoms with van der Waals surface area (Å²) < 4.78 is 0.978. The average Bonchev–Trinajstić information content (AvgIpc) is 2.34. The van der Waals surface area contributed by atoms with Crippen LogP contribution in [0.3, 0.4) is 0 Å². The van der Waals surface area contributed by atoms with Crippen molar-refractivity contribution in [2.24, 2.45) is 0 Å². The van der Waals surface area contributed by atoms with Crippen LogP contribution >= 0.6 is 23.1 Å². The lowest BCUT2D eigenvalue weighted by Gasteiger charge is -1.81. The summed E-state index contributed by atoms with van der Waals surface area (Å²) in [5.74, 6) is 0. The normalized spacial score (nSPS) is 9.70. The largest absolute Gasteiger partial charge is 0.325 e. The van der Waals surface area contributed by atoms with E-state index in [4.69, 9.17) is 0 Å². The summed E-state index contributed by atoms with van der Waals surface area (Å²) in [6, 6.07) is 3.28. The fraction of sp³-hybridized carbons (Fsp3) is 0.200. The third-order valence-electron chi connectivity index (χ3n) is 0.948. The molecule has 0 aliphatic rings. The van der Waals surface area contributed by atoms with Crippen LogP contribution < -0.4 is 0 Å². The predicted molar refractivity (Wildman–Crippen MR) is 42.8 cm³/mol. The molecule has 1 aromatic heterocycles. The second-order valence-electron chi connectivity index (χ2n) is 1.55. The van der Waals surface area contributed by atoms with Crippen molar-refractivity contribution in [3.05, 3.63) is 22.2 Å². The molecular weight excluding hydrogens is 170 g/mol. The molecule has 0 spiro atoms. The number of hydrogen-bond acceptors (Lipinski definition) is 4. The van der Waals surface area contributed by atoms with Crippen LogP contribution in [0.25, 0.3) is 0 Å². The van der Waals surface area contributed by atoms with Crippen LogP contribution in [-0.2, 0) is 0 Å². The fourth-order valence-corrected chi connectivity index (χ4v) is 1.86. The molecule has 0 bridgehead atoms. The highest BCUT2D eigenvalue weighted by Crippen LogP contribution is 2.29. The summed E-state index contributed by atoms with van der Waals surface area (Å²) in [4.78, 5) is 9.77. The zero-order valence-electron chi connectivity index (χ0n) is 5.23. The molecule has 0 unspecified atom stereocenters. The van der Waals surface area contributed by atoms with Crippen LogP contribution in [0, 0.1) is 10.1 Å². The molecule has 5 heteroatoms. The van der Waals surface area contributed by atoms with Crippen molar-refractivity contribution in [1.29, 1.82) is 0 Å². The maximum Gasteiger partial charge on any atom is 0.325 e. The lowest BCUT2D eigenvalue weighted by Crippen LogP contribution is -1.80. The van der Waals surface area contributed by atoms with Crippen molar-refractivity contribution in [1.82, 2.24) is 0 Å². The van der Waals surface area contributed by atoms with E-state index in [-0.39, 0.29) is 9.92 Å². The Morgan fingerprint density at radius 1 is 1.70 bits per heavy atom. The minimum absolute atomic E-state index is 0.212. The molecule has 0 radical (unpaired) electrons. The molecule has 0 aliphatic heterocycles. The number of thioether (sulfide) groups is 1. The van der Waals surface area contributed by atoms with Gasteiger partial charge in [0.05, 0.1) is 9.13 Å². The number of hydrogen-bond donors (Lipinski definition) is 0. The van der Waals surface area contributed by atoms with Crippen molar-refractivity contribution in [3.8, 4) is 0 Å². The quantitative estimate of drug-likeness (QED) is 0.393.